The van der Waals surface area contributed by atoms with Crippen LogP contribution in [-0.2, 0) is 43.0 Å². The van der Waals surface area contributed by atoms with Crippen molar-refractivity contribution in [2.45, 2.75) is 103 Å². The number of aromatic nitrogens is 4. The summed E-state index contributed by atoms with van der Waals surface area (Å²) in [6, 6.07) is 0. The lowest BCUT2D eigenvalue weighted by Gasteiger charge is -2.36. The molecule has 11 heteroatoms. The van der Waals surface area contributed by atoms with Crippen molar-refractivity contribution in [3.05, 3.63) is 54.3 Å². The Morgan fingerprint density at radius 1 is 0.756 bits per heavy atom. The molecule has 0 saturated heterocycles. The standard InChI is InChI=1S/C18H32N2O2SSi.C12H18N2O2S/c1-18(2,3)24(4,5)22-11-13-23-12-10-16-14-8-6-7-9-15(14)17(21)20-19-16;15-6-8-17-7-5-11-9-3-1-2-4-10(9)12(16)14-13-11/h6-13H2,1-5H3,(H,20,21);15H,1-8H2,(H,14,16). The minimum Gasteiger partial charge on any atom is -0.416 e. The van der Waals surface area contributed by atoms with E-state index in [1.807, 2.05) is 11.8 Å². The van der Waals surface area contributed by atoms with E-state index in [0.717, 1.165) is 110 Å². The van der Waals surface area contributed by atoms with Crippen molar-refractivity contribution in [2.24, 2.45) is 0 Å². The molecule has 0 fully saturated rings. The molecule has 4 rings (SSSR count). The van der Waals surface area contributed by atoms with Gasteiger partial charge in [0.05, 0.1) is 18.0 Å². The largest absolute Gasteiger partial charge is 0.416 e. The number of aryl methyl sites for hydroxylation is 2. The molecule has 0 radical (unpaired) electrons. The number of hydrogen-bond donors (Lipinski definition) is 3. The van der Waals surface area contributed by atoms with Gasteiger partial charge < -0.3 is 9.53 Å². The van der Waals surface area contributed by atoms with Crippen LogP contribution in [0.4, 0.5) is 0 Å². The van der Waals surface area contributed by atoms with Crippen LogP contribution in [0.3, 0.4) is 0 Å². The number of thioether (sulfide) groups is 2. The number of rotatable bonds is 12. The molecular formula is C30H50N4O4S2Si. The third-order valence-corrected chi connectivity index (χ3v) is 14.9. The van der Waals surface area contributed by atoms with E-state index < -0.39 is 8.32 Å². The lowest BCUT2D eigenvalue weighted by Crippen LogP contribution is -2.41. The Kier molecular flexibility index (Phi) is 13.7. The molecule has 0 saturated carbocycles. The van der Waals surface area contributed by atoms with E-state index in [1.165, 1.54) is 17.5 Å². The van der Waals surface area contributed by atoms with E-state index in [0.29, 0.717) is 0 Å². The Morgan fingerprint density at radius 2 is 1.20 bits per heavy atom. The zero-order valence-corrected chi connectivity index (χ0v) is 28.3. The van der Waals surface area contributed by atoms with Crippen molar-refractivity contribution >= 4 is 31.8 Å². The first-order chi connectivity index (χ1) is 19.5. The Labute approximate surface area is 254 Å². The summed E-state index contributed by atoms with van der Waals surface area (Å²) in [4.78, 5) is 23.5. The predicted octanol–water partition coefficient (Wildman–Crippen LogP) is 4.86. The molecule has 2 aliphatic rings. The minimum atomic E-state index is -1.62. The highest BCUT2D eigenvalue weighted by atomic mass is 32.2. The molecule has 3 N–H and O–H groups in total. The van der Waals surface area contributed by atoms with Gasteiger partial charge in [-0.15, -0.1) is 0 Å². The summed E-state index contributed by atoms with van der Waals surface area (Å²) in [7, 11) is -1.62. The van der Waals surface area contributed by atoms with Gasteiger partial charge in [-0.05, 0) is 92.1 Å². The van der Waals surface area contributed by atoms with Gasteiger partial charge in [0, 0.05) is 42.1 Å². The third-order valence-electron chi connectivity index (χ3n) is 8.46. The monoisotopic (exact) mass is 622 g/mol. The van der Waals surface area contributed by atoms with Gasteiger partial charge in [-0.25, -0.2) is 10.2 Å². The first kappa shape index (κ1) is 34.1. The second-order valence-corrected chi connectivity index (χ2v) is 19.6. The fraction of sp³-hybridized carbons (Fsp3) is 0.733. The first-order valence-electron chi connectivity index (χ1n) is 15.1. The van der Waals surface area contributed by atoms with Crippen LogP contribution in [0.15, 0.2) is 9.59 Å². The van der Waals surface area contributed by atoms with Gasteiger partial charge in [-0.3, -0.25) is 9.59 Å². The molecule has 0 atom stereocenters. The molecule has 0 aromatic carbocycles. The molecule has 230 valence electrons. The number of aromatic amines is 2. The Hall–Kier alpha value is -1.40. The topological polar surface area (TPSA) is 121 Å². The normalized spacial score (nSPS) is 15.1. The average molecular weight is 623 g/mol. The van der Waals surface area contributed by atoms with Crippen molar-refractivity contribution < 1.29 is 9.53 Å². The number of aliphatic hydroxyl groups excluding tert-OH is 1. The molecule has 41 heavy (non-hydrogen) atoms. The summed E-state index contributed by atoms with van der Waals surface area (Å²) < 4.78 is 6.21. The molecule has 2 aromatic rings. The van der Waals surface area contributed by atoms with Crippen LogP contribution in [0, 0.1) is 0 Å². The fourth-order valence-corrected chi connectivity index (χ4v) is 7.65. The highest BCUT2D eigenvalue weighted by molar-refractivity contribution is 7.99. The molecule has 0 spiro atoms. The van der Waals surface area contributed by atoms with Crippen molar-refractivity contribution in [3.8, 4) is 0 Å². The summed E-state index contributed by atoms with van der Waals surface area (Å²) in [5, 5.41) is 22.8. The number of H-pyrrole nitrogens is 2. The van der Waals surface area contributed by atoms with Crippen molar-refractivity contribution in [2.75, 3.05) is 36.2 Å². The minimum absolute atomic E-state index is 0.00791. The van der Waals surface area contributed by atoms with Gasteiger partial charge in [0.1, 0.15) is 0 Å². The highest BCUT2D eigenvalue weighted by Gasteiger charge is 2.36. The van der Waals surface area contributed by atoms with Crippen LogP contribution in [0.5, 0.6) is 0 Å². The SMILES string of the molecule is CC(C)(C)[Si](C)(C)OCCSCCc1n[nH]c(=O)c2c1CCCC2.O=c1[nH]nc(CCSCCO)c2c1CCCC2. The second kappa shape index (κ2) is 16.4. The average Bonchev–Trinajstić information content (AvgIpc) is 2.95. The number of fused-ring (bicyclic) bond motifs is 2. The molecule has 2 heterocycles. The van der Waals surface area contributed by atoms with E-state index in [1.54, 1.807) is 11.8 Å². The van der Waals surface area contributed by atoms with Crippen molar-refractivity contribution in [1.29, 1.82) is 0 Å². The maximum absolute atomic E-state index is 11.9. The molecule has 2 aliphatic carbocycles. The van der Waals surface area contributed by atoms with Gasteiger partial charge in [-0.1, -0.05) is 20.8 Å². The quantitative estimate of drug-likeness (QED) is 0.227. The van der Waals surface area contributed by atoms with E-state index >= 15 is 0 Å². The fourth-order valence-electron chi connectivity index (χ4n) is 5.05. The predicted molar refractivity (Wildman–Crippen MR) is 175 cm³/mol. The number of nitrogens with zero attached hydrogens (tertiary/aromatic N) is 2. The summed E-state index contributed by atoms with van der Waals surface area (Å²) in [5.74, 6) is 3.78. The molecule has 8 nitrogen and oxygen atoms in total. The molecule has 2 aromatic heterocycles. The number of aliphatic hydroxyl groups is 1. The third kappa shape index (κ3) is 10.1. The van der Waals surface area contributed by atoms with Crippen LogP contribution in [0.25, 0.3) is 0 Å². The highest BCUT2D eigenvalue weighted by Crippen LogP contribution is 2.36. The van der Waals surface area contributed by atoms with Gasteiger partial charge in [0.2, 0.25) is 0 Å². The van der Waals surface area contributed by atoms with E-state index in [-0.39, 0.29) is 22.8 Å². The second-order valence-electron chi connectivity index (χ2n) is 12.4. The van der Waals surface area contributed by atoms with E-state index in [2.05, 4.69) is 54.3 Å². The van der Waals surface area contributed by atoms with Crippen LogP contribution in [0.1, 0.15) is 80.1 Å². The van der Waals surface area contributed by atoms with Crippen LogP contribution in [-0.4, -0.2) is 70.0 Å². The summed E-state index contributed by atoms with van der Waals surface area (Å²) in [6.07, 6.45) is 10.2. The lowest BCUT2D eigenvalue weighted by molar-refractivity contribution is 0.311. The van der Waals surface area contributed by atoms with Crippen molar-refractivity contribution in [1.82, 2.24) is 20.4 Å². The van der Waals surface area contributed by atoms with Gasteiger partial charge in [0.15, 0.2) is 8.32 Å². The number of hydrogen-bond acceptors (Lipinski definition) is 8. The van der Waals surface area contributed by atoms with E-state index in [4.69, 9.17) is 9.53 Å². The summed E-state index contributed by atoms with van der Waals surface area (Å²) in [5.41, 5.74) is 6.50. The zero-order valence-electron chi connectivity index (χ0n) is 25.7. The molecule has 0 aliphatic heterocycles. The van der Waals surface area contributed by atoms with Crippen LogP contribution >= 0.6 is 23.5 Å². The Bertz CT molecular complexity index is 1230. The maximum Gasteiger partial charge on any atom is 0.267 e. The zero-order chi connectivity index (χ0) is 29.9. The Balaban J connectivity index is 0.000000239. The summed E-state index contributed by atoms with van der Waals surface area (Å²) >= 11 is 3.64. The molecule has 0 amide bonds. The molecule has 0 unspecified atom stereocenters. The Morgan fingerprint density at radius 3 is 1.63 bits per heavy atom. The smallest absolute Gasteiger partial charge is 0.267 e. The van der Waals surface area contributed by atoms with Crippen LogP contribution in [0.2, 0.25) is 18.1 Å². The lowest BCUT2D eigenvalue weighted by atomic mass is 9.91. The van der Waals surface area contributed by atoms with Gasteiger partial charge >= 0.3 is 0 Å². The maximum atomic E-state index is 11.9. The van der Waals surface area contributed by atoms with Crippen molar-refractivity contribution in [3.63, 3.8) is 0 Å². The number of nitrogens with one attached hydrogen (secondary N) is 2. The molecular weight excluding hydrogens is 573 g/mol. The van der Waals surface area contributed by atoms with E-state index in [9.17, 15) is 9.59 Å². The first-order valence-corrected chi connectivity index (χ1v) is 20.4. The van der Waals surface area contributed by atoms with Gasteiger partial charge in [0.25, 0.3) is 11.1 Å². The summed E-state index contributed by atoms with van der Waals surface area (Å²) in [6.45, 7) is 12.5. The van der Waals surface area contributed by atoms with Crippen LogP contribution < -0.4 is 11.1 Å². The molecule has 0 bridgehead atoms. The van der Waals surface area contributed by atoms with Gasteiger partial charge in [-0.2, -0.15) is 33.7 Å².